The van der Waals surface area contributed by atoms with Crippen molar-refractivity contribution in [1.29, 1.82) is 0 Å². The summed E-state index contributed by atoms with van der Waals surface area (Å²) in [5.74, 6) is 1.51. The van der Waals surface area contributed by atoms with Crippen molar-refractivity contribution >= 4 is 54.5 Å². The molecule has 0 aliphatic heterocycles. The molecule has 4 nitrogen and oxygen atoms in total. The monoisotopic (exact) mass is 615 g/mol. The molecule has 3 aromatic heterocycles. The van der Waals surface area contributed by atoms with Crippen LogP contribution in [0.1, 0.15) is 82.7 Å². The average Bonchev–Trinajstić information content (AvgIpc) is 3.60. The number of hydrogen-bond acceptors (Lipinski definition) is 3. The van der Waals surface area contributed by atoms with Crippen molar-refractivity contribution in [3.8, 4) is 17.1 Å². The fourth-order valence-corrected chi connectivity index (χ4v) is 7.39. The third-order valence-corrected chi connectivity index (χ3v) is 9.69. The number of nitrogens with zero attached hydrogens (tertiary/aromatic N) is 3. The highest BCUT2D eigenvalue weighted by Gasteiger charge is 2.29. The van der Waals surface area contributed by atoms with Crippen molar-refractivity contribution in [2.75, 3.05) is 0 Å². The number of hydrogen-bond donors (Lipinski definition) is 0. The molecule has 8 aromatic rings. The first-order valence-corrected chi connectivity index (χ1v) is 16.8. The van der Waals surface area contributed by atoms with Crippen LogP contribution in [0.15, 0.2) is 95.5 Å². The van der Waals surface area contributed by atoms with Gasteiger partial charge in [-0.2, -0.15) is 0 Å². The molecule has 0 bridgehead atoms. The number of rotatable bonds is 4. The van der Waals surface area contributed by atoms with Crippen LogP contribution in [-0.2, 0) is 5.41 Å². The highest BCUT2D eigenvalue weighted by atomic mass is 16.3. The van der Waals surface area contributed by atoms with Crippen molar-refractivity contribution in [2.24, 2.45) is 0 Å². The van der Waals surface area contributed by atoms with Crippen LogP contribution in [0.25, 0.3) is 71.6 Å². The molecule has 0 atom stereocenters. The molecule has 0 spiro atoms. The minimum Gasteiger partial charge on any atom is -0.455 e. The second kappa shape index (κ2) is 10.5. The zero-order valence-corrected chi connectivity index (χ0v) is 28.6. The van der Waals surface area contributed by atoms with Gasteiger partial charge in [0.1, 0.15) is 17.0 Å². The highest BCUT2D eigenvalue weighted by molar-refractivity contribution is 6.17. The van der Waals surface area contributed by atoms with Gasteiger partial charge in [-0.1, -0.05) is 115 Å². The Morgan fingerprint density at radius 3 is 2.11 bits per heavy atom. The molecule has 3 heterocycles. The lowest BCUT2D eigenvalue weighted by Gasteiger charge is -2.25. The summed E-state index contributed by atoms with van der Waals surface area (Å²) in [5, 5.41) is 7.11. The fraction of sp³-hybridized carbons (Fsp3) is 0.256. The summed E-state index contributed by atoms with van der Waals surface area (Å²) < 4.78 is 9.29. The molecule has 0 aliphatic carbocycles. The summed E-state index contributed by atoms with van der Waals surface area (Å²) in [7, 11) is 0. The van der Waals surface area contributed by atoms with Gasteiger partial charge in [-0.3, -0.25) is 9.55 Å². The third kappa shape index (κ3) is 4.57. The van der Waals surface area contributed by atoms with E-state index in [1.54, 1.807) is 0 Å². The number of furan rings is 1. The molecule has 0 amide bonds. The SMILES string of the molecule is Cc1ccc2c(ccc3cc4c(cc32)oc2c(-c3nc5ccnc(C(C)(C)C)c5n3-c3c(C(C)C)cccc3C(C)C)cccc24)c1. The molecule has 4 heteroatoms. The van der Waals surface area contributed by atoms with Gasteiger partial charge in [-0.05, 0) is 75.7 Å². The number of fused-ring (bicyclic) bond motifs is 7. The Morgan fingerprint density at radius 2 is 1.40 bits per heavy atom. The topological polar surface area (TPSA) is 43.9 Å². The number of imidazole rings is 1. The molecule has 0 aliphatic rings. The normalized spacial score (nSPS) is 12.6. The molecule has 0 unspecified atom stereocenters. The van der Waals surface area contributed by atoms with Crippen LogP contribution < -0.4 is 0 Å². The minimum absolute atomic E-state index is 0.188. The van der Waals surface area contributed by atoms with Gasteiger partial charge in [0.15, 0.2) is 0 Å². The summed E-state index contributed by atoms with van der Waals surface area (Å²) >= 11 is 0. The van der Waals surface area contributed by atoms with Crippen LogP contribution in [0.5, 0.6) is 0 Å². The van der Waals surface area contributed by atoms with Crippen LogP contribution in [0.2, 0.25) is 0 Å². The molecule has 0 N–H and O–H groups in total. The summed E-state index contributed by atoms with van der Waals surface area (Å²) in [4.78, 5) is 10.4. The summed E-state index contributed by atoms with van der Waals surface area (Å²) in [6.45, 7) is 18.0. The molecule has 47 heavy (non-hydrogen) atoms. The van der Waals surface area contributed by atoms with E-state index in [1.807, 2.05) is 6.20 Å². The van der Waals surface area contributed by atoms with Crippen LogP contribution >= 0.6 is 0 Å². The quantitative estimate of drug-likeness (QED) is 0.185. The predicted molar refractivity (Wildman–Crippen MR) is 198 cm³/mol. The Hall–Kier alpha value is -4.96. The first-order valence-electron chi connectivity index (χ1n) is 16.8. The van der Waals surface area contributed by atoms with E-state index in [2.05, 4.69) is 145 Å². The number of para-hydroxylation sites is 2. The number of benzene rings is 5. The van der Waals surface area contributed by atoms with E-state index >= 15 is 0 Å². The molecule has 5 aromatic carbocycles. The van der Waals surface area contributed by atoms with Crippen LogP contribution in [-0.4, -0.2) is 14.5 Å². The molecule has 8 rings (SSSR count). The minimum atomic E-state index is -0.188. The lowest BCUT2D eigenvalue weighted by Crippen LogP contribution is -2.17. The average molecular weight is 616 g/mol. The smallest absolute Gasteiger partial charge is 0.149 e. The maximum atomic E-state index is 6.89. The number of aryl methyl sites for hydroxylation is 1. The predicted octanol–water partition coefficient (Wildman–Crippen LogP) is 12.1. The zero-order valence-electron chi connectivity index (χ0n) is 28.6. The Balaban J connectivity index is 1.50. The van der Waals surface area contributed by atoms with E-state index in [0.717, 1.165) is 50.1 Å². The molecule has 234 valence electrons. The maximum absolute atomic E-state index is 6.89. The maximum Gasteiger partial charge on any atom is 0.149 e. The van der Waals surface area contributed by atoms with E-state index in [4.69, 9.17) is 14.4 Å². The Bertz CT molecular complexity index is 2490. The standard InChI is InChI=1S/C43H41N3O/c1-24(2)29-11-9-12-30(25(3)4)38(29)46-39-36(19-20-44-41(39)43(6,7)8)45-42(46)33-14-10-13-32-35-22-28-17-16-27-21-26(5)15-18-31(27)34(28)23-37(35)47-40(32)33/h9-25H,1-8H3. The molecular weight excluding hydrogens is 574 g/mol. The van der Waals surface area contributed by atoms with E-state index in [0.29, 0.717) is 11.8 Å². The molecule has 0 radical (unpaired) electrons. The largest absolute Gasteiger partial charge is 0.455 e. The van der Waals surface area contributed by atoms with Gasteiger partial charge in [-0.15, -0.1) is 0 Å². The van der Waals surface area contributed by atoms with E-state index in [-0.39, 0.29) is 5.41 Å². The van der Waals surface area contributed by atoms with E-state index < -0.39 is 0 Å². The number of pyridine rings is 1. The lowest BCUT2D eigenvalue weighted by atomic mass is 9.89. The summed E-state index contributed by atoms with van der Waals surface area (Å²) in [6.07, 6.45) is 1.90. The molecule has 0 fully saturated rings. The van der Waals surface area contributed by atoms with Gasteiger partial charge in [-0.25, -0.2) is 4.98 Å². The second-order valence-corrected chi connectivity index (χ2v) is 14.8. The fourth-order valence-electron chi connectivity index (χ4n) is 7.39. The van der Waals surface area contributed by atoms with Crippen molar-refractivity contribution in [3.63, 3.8) is 0 Å². The van der Waals surface area contributed by atoms with Gasteiger partial charge >= 0.3 is 0 Å². The first kappa shape index (κ1) is 29.4. The highest BCUT2D eigenvalue weighted by Crippen LogP contribution is 2.43. The van der Waals surface area contributed by atoms with Crippen LogP contribution in [0.4, 0.5) is 0 Å². The van der Waals surface area contributed by atoms with Crippen LogP contribution in [0, 0.1) is 6.92 Å². The Kier molecular flexibility index (Phi) is 6.60. The van der Waals surface area contributed by atoms with Gasteiger partial charge in [0.05, 0.1) is 28.0 Å². The zero-order chi connectivity index (χ0) is 32.8. The second-order valence-electron chi connectivity index (χ2n) is 14.8. The van der Waals surface area contributed by atoms with E-state index in [1.165, 1.54) is 43.9 Å². The number of aromatic nitrogens is 3. The Labute approximate surface area is 276 Å². The first-order chi connectivity index (χ1) is 22.5. The Morgan fingerprint density at radius 1 is 0.702 bits per heavy atom. The van der Waals surface area contributed by atoms with Gasteiger partial charge in [0.25, 0.3) is 0 Å². The van der Waals surface area contributed by atoms with Gasteiger partial charge in [0, 0.05) is 22.4 Å². The van der Waals surface area contributed by atoms with Gasteiger partial charge in [0.2, 0.25) is 0 Å². The lowest BCUT2D eigenvalue weighted by molar-refractivity contribution is 0.573. The summed E-state index contributed by atoms with van der Waals surface area (Å²) in [5.41, 5.74) is 10.6. The van der Waals surface area contributed by atoms with Crippen molar-refractivity contribution in [3.05, 3.63) is 114 Å². The van der Waals surface area contributed by atoms with Crippen molar-refractivity contribution < 1.29 is 4.42 Å². The molecule has 0 saturated carbocycles. The van der Waals surface area contributed by atoms with Crippen molar-refractivity contribution in [2.45, 2.75) is 72.6 Å². The van der Waals surface area contributed by atoms with Crippen LogP contribution in [0.3, 0.4) is 0 Å². The third-order valence-electron chi connectivity index (χ3n) is 9.69. The summed E-state index contributed by atoms with van der Waals surface area (Å²) in [6, 6.07) is 30.9. The molecule has 0 saturated heterocycles. The van der Waals surface area contributed by atoms with E-state index in [9.17, 15) is 0 Å². The molecular formula is C43H41N3O. The van der Waals surface area contributed by atoms with Crippen molar-refractivity contribution in [1.82, 2.24) is 14.5 Å². The van der Waals surface area contributed by atoms with Gasteiger partial charge < -0.3 is 4.42 Å².